The van der Waals surface area contributed by atoms with Gasteiger partial charge in [0, 0.05) is 0 Å². The summed E-state index contributed by atoms with van der Waals surface area (Å²) in [7, 11) is 0. The number of benzene rings is 1. The molecule has 88 valence electrons. The molecule has 4 nitrogen and oxygen atoms in total. The second-order valence-electron chi connectivity index (χ2n) is 3.81. The van der Waals surface area contributed by atoms with E-state index in [0.29, 0.717) is 5.69 Å². The molecule has 2 rings (SSSR count). The highest BCUT2D eigenvalue weighted by Gasteiger charge is 2.20. The van der Waals surface area contributed by atoms with Gasteiger partial charge in [-0.15, -0.1) is 0 Å². The fraction of sp³-hybridized carbons (Fsp3) is 0.167. The van der Waals surface area contributed by atoms with Crippen molar-refractivity contribution in [2.24, 2.45) is 0 Å². The molecule has 5 heteroatoms. The number of hydrogen-bond acceptors (Lipinski definition) is 2. The summed E-state index contributed by atoms with van der Waals surface area (Å²) in [4.78, 5) is 11.0. The predicted octanol–water partition coefficient (Wildman–Crippen LogP) is 2.84. The number of carboxylic acids is 1. The summed E-state index contributed by atoms with van der Waals surface area (Å²) in [5, 5.41) is 13.3. The Kier molecular flexibility index (Phi) is 2.90. The van der Waals surface area contributed by atoms with Crippen molar-refractivity contribution >= 4 is 17.6 Å². The van der Waals surface area contributed by atoms with Gasteiger partial charge < -0.3 is 5.11 Å². The Labute approximate surface area is 103 Å². The van der Waals surface area contributed by atoms with Crippen LogP contribution in [0.3, 0.4) is 0 Å². The summed E-state index contributed by atoms with van der Waals surface area (Å²) in [5.41, 5.74) is 2.27. The summed E-state index contributed by atoms with van der Waals surface area (Å²) in [6.07, 6.45) is 0. The minimum Gasteiger partial charge on any atom is -0.478 e. The molecule has 0 spiro atoms. The molecule has 0 saturated carbocycles. The van der Waals surface area contributed by atoms with E-state index in [4.69, 9.17) is 16.7 Å². The van der Waals surface area contributed by atoms with E-state index in [1.807, 2.05) is 31.2 Å². The van der Waals surface area contributed by atoms with Gasteiger partial charge in [0.25, 0.3) is 0 Å². The van der Waals surface area contributed by atoms with Crippen LogP contribution in [-0.4, -0.2) is 20.9 Å². The van der Waals surface area contributed by atoms with Crippen LogP contribution in [0.2, 0.25) is 5.15 Å². The molecule has 1 N–H and O–H groups in total. The van der Waals surface area contributed by atoms with Gasteiger partial charge in [-0.2, -0.15) is 5.10 Å². The molecule has 0 saturated heterocycles. The summed E-state index contributed by atoms with van der Waals surface area (Å²) >= 11 is 6.03. The van der Waals surface area contributed by atoms with E-state index in [1.54, 1.807) is 6.92 Å². The van der Waals surface area contributed by atoms with E-state index in [-0.39, 0.29) is 10.7 Å². The van der Waals surface area contributed by atoms with Crippen LogP contribution < -0.4 is 0 Å². The number of carboxylic acid groups (broad SMARTS) is 1. The highest BCUT2D eigenvalue weighted by molar-refractivity contribution is 6.32. The van der Waals surface area contributed by atoms with Gasteiger partial charge >= 0.3 is 5.97 Å². The molecule has 0 unspecified atom stereocenters. The first kappa shape index (κ1) is 11.7. The van der Waals surface area contributed by atoms with E-state index in [9.17, 15) is 4.79 Å². The number of nitrogens with zero attached hydrogens (tertiary/aromatic N) is 2. The van der Waals surface area contributed by atoms with Crippen molar-refractivity contribution < 1.29 is 9.90 Å². The molecule has 1 heterocycles. The zero-order chi connectivity index (χ0) is 12.6. The zero-order valence-corrected chi connectivity index (χ0v) is 10.2. The predicted molar refractivity (Wildman–Crippen MR) is 65.0 cm³/mol. The Balaban J connectivity index is 2.62. The van der Waals surface area contributed by atoms with Crippen molar-refractivity contribution in [1.29, 1.82) is 0 Å². The second-order valence-corrected chi connectivity index (χ2v) is 4.17. The normalized spacial score (nSPS) is 10.5. The van der Waals surface area contributed by atoms with Crippen molar-refractivity contribution in [3.05, 3.63) is 46.2 Å². The molecule has 1 aromatic heterocycles. The molecule has 0 atom stereocenters. The maximum atomic E-state index is 11.0. The number of hydrogen-bond donors (Lipinski definition) is 1. The lowest BCUT2D eigenvalue weighted by Gasteiger charge is -2.03. The van der Waals surface area contributed by atoms with Crippen LogP contribution in [0.25, 0.3) is 5.69 Å². The molecule has 0 bridgehead atoms. The fourth-order valence-corrected chi connectivity index (χ4v) is 2.03. The molecule has 0 aliphatic carbocycles. The third kappa shape index (κ3) is 2.03. The number of rotatable bonds is 2. The summed E-state index contributed by atoms with van der Waals surface area (Å²) < 4.78 is 1.44. The van der Waals surface area contributed by atoms with Crippen LogP contribution >= 0.6 is 11.6 Å². The molecule has 0 aliphatic heterocycles. The summed E-state index contributed by atoms with van der Waals surface area (Å²) in [6, 6.07) is 7.55. The van der Waals surface area contributed by atoms with Gasteiger partial charge in [0.15, 0.2) is 0 Å². The van der Waals surface area contributed by atoms with Gasteiger partial charge in [-0.05, 0) is 31.5 Å². The van der Waals surface area contributed by atoms with Crippen LogP contribution in [0.4, 0.5) is 0 Å². The van der Waals surface area contributed by atoms with Crippen molar-refractivity contribution in [3.8, 4) is 5.69 Å². The lowest BCUT2D eigenvalue weighted by atomic mass is 10.2. The van der Waals surface area contributed by atoms with E-state index < -0.39 is 5.97 Å². The smallest absolute Gasteiger partial charge is 0.340 e. The monoisotopic (exact) mass is 250 g/mol. The molecule has 0 amide bonds. The lowest BCUT2D eigenvalue weighted by molar-refractivity contribution is 0.0696. The molecular formula is C12H11ClN2O2. The fourth-order valence-electron chi connectivity index (χ4n) is 1.67. The van der Waals surface area contributed by atoms with Crippen LogP contribution in [0.1, 0.15) is 21.6 Å². The average Bonchev–Trinajstić information content (AvgIpc) is 2.54. The van der Waals surface area contributed by atoms with Crippen LogP contribution in [0.5, 0.6) is 0 Å². The van der Waals surface area contributed by atoms with Crippen LogP contribution in [0.15, 0.2) is 24.3 Å². The van der Waals surface area contributed by atoms with E-state index in [0.717, 1.165) is 11.3 Å². The molecule has 1 aromatic carbocycles. The minimum absolute atomic E-state index is 0.0492. The van der Waals surface area contributed by atoms with E-state index in [2.05, 4.69) is 5.10 Å². The first-order chi connectivity index (χ1) is 8.00. The molecule has 17 heavy (non-hydrogen) atoms. The summed E-state index contributed by atoms with van der Waals surface area (Å²) in [6.45, 7) is 3.58. The largest absolute Gasteiger partial charge is 0.478 e. The standard InChI is InChI=1S/C12H11ClN2O2/c1-7-4-3-5-9(6-7)15-11(13)10(12(16)17)8(2)14-15/h3-6H,1-2H3,(H,16,17). The van der Waals surface area contributed by atoms with Crippen molar-refractivity contribution in [3.63, 3.8) is 0 Å². The molecule has 0 radical (unpaired) electrons. The molecule has 0 aliphatic rings. The van der Waals surface area contributed by atoms with Crippen LogP contribution in [0, 0.1) is 13.8 Å². The van der Waals surface area contributed by atoms with Gasteiger partial charge in [0.05, 0.1) is 11.4 Å². The Hall–Kier alpha value is -1.81. The van der Waals surface area contributed by atoms with Crippen molar-refractivity contribution in [2.75, 3.05) is 0 Å². The number of aryl methyl sites for hydroxylation is 2. The average molecular weight is 251 g/mol. The highest BCUT2D eigenvalue weighted by atomic mass is 35.5. The SMILES string of the molecule is Cc1cccc(-n2nc(C)c(C(=O)O)c2Cl)c1. The number of carbonyl (C=O) groups is 1. The Morgan fingerprint density at radius 1 is 1.41 bits per heavy atom. The van der Waals surface area contributed by atoms with Gasteiger partial charge in [-0.25, -0.2) is 9.48 Å². The molecule has 0 fully saturated rings. The first-order valence-corrected chi connectivity index (χ1v) is 5.44. The Morgan fingerprint density at radius 3 is 2.65 bits per heavy atom. The summed E-state index contributed by atoms with van der Waals surface area (Å²) in [5.74, 6) is -1.06. The minimum atomic E-state index is -1.06. The van der Waals surface area contributed by atoms with Gasteiger partial charge in [0.1, 0.15) is 10.7 Å². The molecular weight excluding hydrogens is 240 g/mol. The Morgan fingerprint density at radius 2 is 2.12 bits per heavy atom. The van der Waals surface area contributed by atoms with Gasteiger partial charge in [0.2, 0.25) is 0 Å². The number of halogens is 1. The molecule has 2 aromatic rings. The quantitative estimate of drug-likeness (QED) is 0.892. The first-order valence-electron chi connectivity index (χ1n) is 5.06. The highest BCUT2D eigenvalue weighted by Crippen LogP contribution is 2.23. The third-order valence-electron chi connectivity index (χ3n) is 2.46. The topological polar surface area (TPSA) is 55.1 Å². The number of aromatic nitrogens is 2. The lowest BCUT2D eigenvalue weighted by Crippen LogP contribution is -1.99. The van der Waals surface area contributed by atoms with E-state index >= 15 is 0 Å². The maximum Gasteiger partial charge on any atom is 0.340 e. The van der Waals surface area contributed by atoms with Gasteiger partial charge in [-0.1, -0.05) is 23.7 Å². The maximum absolute atomic E-state index is 11.0. The van der Waals surface area contributed by atoms with Crippen molar-refractivity contribution in [1.82, 2.24) is 9.78 Å². The third-order valence-corrected chi connectivity index (χ3v) is 2.81. The van der Waals surface area contributed by atoms with Crippen LogP contribution in [-0.2, 0) is 0 Å². The Bertz CT molecular complexity index is 590. The number of aromatic carboxylic acids is 1. The van der Waals surface area contributed by atoms with Gasteiger partial charge in [-0.3, -0.25) is 0 Å². The zero-order valence-electron chi connectivity index (χ0n) is 9.44. The van der Waals surface area contributed by atoms with E-state index in [1.165, 1.54) is 4.68 Å². The second kappa shape index (κ2) is 4.22. The van der Waals surface area contributed by atoms with Crippen molar-refractivity contribution in [2.45, 2.75) is 13.8 Å².